The zero-order valence-electron chi connectivity index (χ0n) is 29.0. The molecule has 0 radical (unpaired) electrons. The van der Waals surface area contributed by atoms with Crippen molar-refractivity contribution < 1.29 is 9.53 Å². The third kappa shape index (κ3) is 9.06. The van der Waals surface area contributed by atoms with E-state index in [0.29, 0.717) is 16.6 Å². The first-order valence-electron chi connectivity index (χ1n) is 18.3. The normalized spacial score (nSPS) is 33.6. The number of unbranched alkanes of at least 4 members (excludes halogenated alkanes) is 3. The van der Waals surface area contributed by atoms with Crippen LogP contribution in [0.4, 0.5) is 0 Å². The molecule has 0 spiro atoms. The average molecular weight is 647 g/mol. The number of hydrogen-bond donors (Lipinski definition) is 2. The minimum atomic E-state index is -0.0585. The predicted octanol–water partition coefficient (Wildman–Crippen LogP) is 9.94. The summed E-state index contributed by atoms with van der Waals surface area (Å²) in [5, 5.41) is 3.41. The third-order valence-corrected chi connectivity index (χ3v) is 14.8. The Kier molecular flexibility index (Phi) is 14.0. The zero-order valence-corrected chi connectivity index (χ0v) is 30.6. The number of ether oxygens (including phenoxy) is 1. The molecule has 8 atom stereocenters. The topological polar surface area (TPSA) is 64.3 Å². The third-order valence-electron chi connectivity index (χ3n) is 12.6. The van der Waals surface area contributed by atoms with E-state index in [2.05, 4.69) is 52.6 Å². The van der Waals surface area contributed by atoms with Gasteiger partial charge >= 0.3 is 5.97 Å². The number of nitrogens with two attached hydrogens (primary N) is 1. The van der Waals surface area contributed by atoms with E-state index in [-0.39, 0.29) is 12.1 Å². The molecule has 4 aliphatic rings. The van der Waals surface area contributed by atoms with Gasteiger partial charge in [-0.05, 0) is 111 Å². The largest absolute Gasteiger partial charge is 0.461 e. The Labute approximate surface area is 279 Å². The van der Waals surface area contributed by atoms with Crippen molar-refractivity contribution in [1.82, 2.24) is 5.32 Å². The number of rotatable bonds is 18. The quantitative estimate of drug-likeness (QED) is 0.0669. The Morgan fingerprint density at radius 2 is 1.77 bits per heavy atom. The van der Waals surface area contributed by atoms with E-state index >= 15 is 0 Å². The molecule has 0 amide bonds. The highest BCUT2D eigenvalue weighted by Gasteiger charge is 2.59. The fourth-order valence-corrected chi connectivity index (χ4v) is 11.9. The molecule has 0 aromatic rings. The maximum atomic E-state index is 12.7. The van der Waals surface area contributed by atoms with Crippen LogP contribution >= 0.6 is 21.6 Å². The van der Waals surface area contributed by atoms with E-state index < -0.39 is 0 Å². The van der Waals surface area contributed by atoms with Crippen molar-refractivity contribution in [3.8, 4) is 0 Å². The lowest BCUT2D eigenvalue weighted by Gasteiger charge is -2.58. The van der Waals surface area contributed by atoms with Crippen molar-refractivity contribution >= 4 is 27.6 Å². The van der Waals surface area contributed by atoms with E-state index in [1.54, 1.807) is 27.2 Å². The fourth-order valence-electron chi connectivity index (χ4n) is 10.1. The predicted molar refractivity (Wildman–Crippen MR) is 193 cm³/mol. The zero-order chi connectivity index (χ0) is 31.7. The summed E-state index contributed by atoms with van der Waals surface area (Å²) < 4.78 is 6.05. The molecule has 0 unspecified atom stereocenters. The minimum absolute atomic E-state index is 0.0521. The van der Waals surface area contributed by atoms with Gasteiger partial charge in [0.05, 0.1) is 0 Å². The van der Waals surface area contributed by atoms with Gasteiger partial charge in [0.15, 0.2) is 0 Å². The van der Waals surface area contributed by atoms with Crippen LogP contribution in [0.25, 0.3) is 0 Å². The molecule has 252 valence electrons. The second-order valence-electron chi connectivity index (χ2n) is 15.9. The highest BCUT2D eigenvalue weighted by atomic mass is 33.1. The van der Waals surface area contributed by atoms with Crippen LogP contribution in [0, 0.1) is 46.3 Å². The molecule has 4 aliphatic carbocycles. The van der Waals surface area contributed by atoms with Crippen LogP contribution in [0.1, 0.15) is 131 Å². The number of esters is 1. The van der Waals surface area contributed by atoms with Crippen LogP contribution in [-0.2, 0) is 9.53 Å². The lowest BCUT2D eigenvalue weighted by Crippen LogP contribution is -2.51. The van der Waals surface area contributed by atoms with Gasteiger partial charge in [-0.3, -0.25) is 4.79 Å². The Morgan fingerprint density at radius 1 is 1.00 bits per heavy atom. The Bertz CT molecular complexity index is 968. The first-order valence-corrected chi connectivity index (χ1v) is 20.8. The van der Waals surface area contributed by atoms with Crippen LogP contribution in [0.5, 0.6) is 0 Å². The first kappa shape index (κ1) is 36.2. The number of nitrogens with one attached hydrogen (secondary N) is 1. The fraction of sp³-hybridized carbons (Fsp3) is 0.868. The average Bonchev–Trinajstić information content (AvgIpc) is 3.34. The lowest BCUT2D eigenvalue weighted by molar-refractivity contribution is -0.148. The number of fused-ring (bicyclic) bond motifs is 5. The van der Waals surface area contributed by atoms with E-state index in [4.69, 9.17) is 10.5 Å². The van der Waals surface area contributed by atoms with Gasteiger partial charge in [0, 0.05) is 24.4 Å². The molecule has 4 nitrogen and oxygen atoms in total. The number of carbonyl (C=O) groups is 1. The van der Waals surface area contributed by atoms with Crippen LogP contribution in [0.3, 0.4) is 0 Å². The molecule has 0 aliphatic heterocycles. The molecule has 0 bridgehead atoms. The van der Waals surface area contributed by atoms with Gasteiger partial charge in [-0.2, -0.15) is 0 Å². The number of carbonyl (C=O) groups excluding carboxylic acids is 1. The van der Waals surface area contributed by atoms with E-state index in [1.807, 2.05) is 0 Å². The molecule has 3 N–H and O–H groups in total. The van der Waals surface area contributed by atoms with Crippen molar-refractivity contribution in [2.45, 2.75) is 137 Å². The molecule has 6 heteroatoms. The molecular formula is C38H66N2O2S2. The van der Waals surface area contributed by atoms with Crippen LogP contribution in [0.2, 0.25) is 0 Å². The molecule has 0 aromatic carbocycles. The standard InChI is InChI=1S/C38H66N2O2S2/c1-27(2)12-11-13-28(3)33-16-17-34-32-15-14-30-24-31(18-20-37(30,5)35(32)19-21-38(33,34)6)42-36(41)26-44-43-25-29(4)40-23-10-8-7-9-22-39/h14,27-28,31-35,40H,4,7-13,15-26,39H2,1-3,5-6H3/t28-,31+,32+,33-,34+,35+,37+,38-/m1/s1. The van der Waals surface area contributed by atoms with Crippen LogP contribution < -0.4 is 11.1 Å². The van der Waals surface area contributed by atoms with Gasteiger partial charge in [-0.1, -0.05) is 107 Å². The molecule has 3 saturated carbocycles. The maximum absolute atomic E-state index is 12.7. The highest BCUT2D eigenvalue weighted by molar-refractivity contribution is 8.76. The van der Waals surface area contributed by atoms with Crippen molar-refractivity contribution in [3.63, 3.8) is 0 Å². The molecule has 3 fully saturated rings. The van der Waals surface area contributed by atoms with Crippen molar-refractivity contribution in [3.05, 3.63) is 23.9 Å². The molecule has 0 heterocycles. The number of hydrogen-bond acceptors (Lipinski definition) is 6. The Morgan fingerprint density at radius 3 is 2.55 bits per heavy atom. The second kappa shape index (κ2) is 17.0. The van der Waals surface area contributed by atoms with E-state index in [1.165, 1.54) is 70.6 Å². The van der Waals surface area contributed by atoms with Gasteiger partial charge < -0.3 is 15.8 Å². The summed E-state index contributed by atoms with van der Waals surface area (Å²) in [5.41, 5.74) is 9.04. The summed E-state index contributed by atoms with van der Waals surface area (Å²) in [4.78, 5) is 12.7. The van der Waals surface area contributed by atoms with E-state index in [0.717, 1.165) is 85.7 Å². The summed E-state index contributed by atoms with van der Waals surface area (Å²) in [7, 11) is 3.29. The second-order valence-corrected chi connectivity index (χ2v) is 18.4. The van der Waals surface area contributed by atoms with Gasteiger partial charge in [0.1, 0.15) is 11.9 Å². The van der Waals surface area contributed by atoms with Crippen molar-refractivity contribution in [2.75, 3.05) is 24.6 Å². The molecular weight excluding hydrogens is 581 g/mol. The van der Waals surface area contributed by atoms with Crippen LogP contribution in [0.15, 0.2) is 23.9 Å². The SMILES string of the molecule is C=C(CSSCC(=O)O[C@H]1CC[C@@]2(C)C(=CC[C@H]3[C@@H]4CC[C@H]([C@H](C)CCCC(C)C)[C@@]4(C)CC[C@@H]32)C1)NCCCCCCN. The van der Waals surface area contributed by atoms with E-state index in [9.17, 15) is 4.79 Å². The molecule has 44 heavy (non-hydrogen) atoms. The smallest absolute Gasteiger partial charge is 0.317 e. The lowest BCUT2D eigenvalue weighted by atomic mass is 9.47. The first-order chi connectivity index (χ1) is 21.1. The Hall–Kier alpha value is -0.590. The molecule has 0 saturated heterocycles. The maximum Gasteiger partial charge on any atom is 0.317 e. The Balaban J connectivity index is 1.20. The van der Waals surface area contributed by atoms with Gasteiger partial charge in [0.25, 0.3) is 0 Å². The molecule has 0 aromatic heterocycles. The summed E-state index contributed by atoms with van der Waals surface area (Å²) in [6.45, 7) is 18.5. The number of allylic oxidation sites excluding steroid dienone is 1. The van der Waals surface area contributed by atoms with Gasteiger partial charge in [-0.25, -0.2) is 0 Å². The monoisotopic (exact) mass is 646 g/mol. The minimum Gasteiger partial charge on any atom is -0.461 e. The van der Waals surface area contributed by atoms with Gasteiger partial charge in [0.2, 0.25) is 0 Å². The van der Waals surface area contributed by atoms with Crippen LogP contribution in [-0.4, -0.2) is 36.7 Å². The summed E-state index contributed by atoms with van der Waals surface area (Å²) in [6.07, 6.45) is 21.7. The van der Waals surface area contributed by atoms with Gasteiger partial charge in [-0.15, -0.1) is 0 Å². The summed E-state index contributed by atoms with van der Waals surface area (Å²) in [6, 6.07) is 0. The highest BCUT2D eigenvalue weighted by Crippen LogP contribution is 2.67. The summed E-state index contributed by atoms with van der Waals surface area (Å²) >= 11 is 0. The summed E-state index contributed by atoms with van der Waals surface area (Å²) in [5.74, 6) is 6.33. The molecule has 4 rings (SSSR count). The van der Waals surface area contributed by atoms with Crippen molar-refractivity contribution in [2.24, 2.45) is 52.1 Å². The van der Waals surface area contributed by atoms with Crippen molar-refractivity contribution in [1.29, 1.82) is 0 Å².